The Hall–Kier alpha value is -2.04. The molecule has 2 aliphatic carbocycles. The second-order valence-electron chi connectivity index (χ2n) is 8.32. The average Bonchev–Trinajstić information content (AvgIpc) is 3.51. The molecule has 4 rings (SSSR count). The Kier molecular flexibility index (Phi) is 5.37. The van der Waals surface area contributed by atoms with E-state index in [4.69, 9.17) is 4.74 Å². The summed E-state index contributed by atoms with van der Waals surface area (Å²) in [6.07, 6.45) is 7.82. The Morgan fingerprint density at radius 3 is 2.81 bits per heavy atom. The quantitative estimate of drug-likeness (QED) is 0.867. The first kappa shape index (κ1) is 18.3. The van der Waals surface area contributed by atoms with Crippen molar-refractivity contribution in [1.82, 2.24) is 10.2 Å². The molecule has 0 spiro atoms. The maximum absolute atomic E-state index is 13.0. The van der Waals surface area contributed by atoms with Crippen LogP contribution in [0.15, 0.2) is 18.2 Å². The first-order valence-electron chi connectivity index (χ1n) is 10.4. The molecular weight excluding hydrogens is 340 g/mol. The first-order valence-corrected chi connectivity index (χ1v) is 10.4. The molecule has 5 nitrogen and oxygen atoms in total. The largest absolute Gasteiger partial charge is 0.497 e. The van der Waals surface area contributed by atoms with Crippen LogP contribution in [0.1, 0.15) is 62.0 Å². The number of piperidine rings is 1. The summed E-state index contributed by atoms with van der Waals surface area (Å²) in [5.74, 6) is 1.48. The molecule has 2 atom stereocenters. The number of nitrogens with one attached hydrogen (secondary N) is 1. The van der Waals surface area contributed by atoms with Crippen LogP contribution in [-0.4, -0.2) is 43.0 Å². The molecule has 27 heavy (non-hydrogen) atoms. The number of carbonyl (C=O) groups excluding carboxylic acids is 2. The lowest BCUT2D eigenvalue weighted by atomic mass is 9.80. The Balaban J connectivity index is 1.38. The van der Waals surface area contributed by atoms with Crippen molar-refractivity contribution < 1.29 is 14.3 Å². The summed E-state index contributed by atoms with van der Waals surface area (Å²) in [5, 5.41) is 3.10. The molecule has 2 fully saturated rings. The summed E-state index contributed by atoms with van der Waals surface area (Å²) in [5.41, 5.74) is 2.62. The van der Waals surface area contributed by atoms with Gasteiger partial charge in [-0.05, 0) is 74.1 Å². The number of rotatable bonds is 5. The monoisotopic (exact) mass is 370 g/mol. The molecule has 0 radical (unpaired) electrons. The summed E-state index contributed by atoms with van der Waals surface area (Å²) in [4.78, 5) is 27.3. The van der Waals surface area contributed by atoms with Gasteiger partial charge in [0.25, 0.3) is 0 Å². The average molecular weight is 370 g/mol. The van der Waals surface area contributed by atoms with Crippen molar-refractivity contribution in [3.05, 3.63) is 29.3 Å². The van der Waals surface area contributed by atoms with E-state index in [9.17, 15) is 9.59 Å². The normalized spacial score (nSPS) is 24.9. The number of methoxy groups -OCH3 is 1. The minimum atomic E-state index is -0.0359. The number of benzene rings is 1. The van der Waals surface area contributed by atoms with Gasteiger partial charge in [-0.15, -0.1) is 0 Å². The molecule has 1 saturated heterocycles. The molecule has 146 valence electrons. The molecule has 2 unspecified atom stereocenters. The second kappa shape index (κ2) is 7.91. The van der Waals surface area contributed by atoms with Gasteiger partial charge in [0.15, 0.2) is 0 Å². The molecule has 5 heteroatoms. The Bertz CT molecular complexity index is 714. The number of nitrogens with zero attached hydrogens (tertiary/aromatic N) is 1. The Morgan fingerprint density at radius 2 is 2.04 bits per heavy atom. The summed E-state index contributed by atoms with van der Waals surface area (Å²) in [6.45, 7) is 1.37. The van der Waals surface area contributed by atoms with Gasteiger partial charge in [-0.3, -0.25) is 9.59 Å². The lowest BCUT2D eigenvalue weighted by Gasteiger charge is -2.34. The SMILES string of the molecule is COc1ccc2c(c1)CCCC2CC(=O)N1CCCC(C(=O)NC2CC2)C1. The van der Waals surface area contributed by atoms with Gasteiger partial charge in [-0.1, -0.05) is 6.07 Å². The van der Waals surface area contributed by atoms with Gasteiger partial charge in [0.1, 0.15) is 5.75 Å². The predicted octanol–water partition coefficient (Wildman–Crippen LogP) is 3.02. The summed E-state index contributed by atoms with van der Waals surface area (Å²) >= 11 is 0. The highest BCUT2D eigenvalue weighted by molar-refractivity contribution is 5.82. The van der Waals surface area contributed by atoms with Crippen LogP contribution in [0.3, 0.4) is 0 Å². The van der Waals surface area contributed by atoms with E-state index in [1.165, 1.54) is 11.1 Å². The van der Waals surface area contributed by atoms with Crippen LogP contribution in [0.2, 0.25) is 0 Å². The van der Waals surface area contributed by atoms with E-state index < -0.39 is 0 Å². The van der Waals surface area contributed by atoms with Gasteiger partial charge in [-0.2, -0.15) is 0 Å². The third-order valence-corrected chi connectivity index (χ3v) is 6.28. The van der Waals surface area contributed by atoms with Crippen molar-refractivity contribution in [3.63, 3.8) is 0 Å². The van der Waals surface area contributed by atoms with E-state index in [1.54, 1.807) is 7.11 Å². The van der Waals surface area contributed by atoms with E-state index >= 15 is 0 Å². The third-order valence-electron chi connectivity index (χ3n) is 6.28. The van der Waals surface area contributed by atoms with Crippen LogP contribution in [0.25, 0.3) is 0 Å². The molecule has 2 amide bonds. The van der Waals surface area contributed by atoms with E-state index in [0.717, 1.165) is 57.2 Å². The van der Waals surface area contributed by atoms with Crippen molar-refractivity contribution >= 4 is 11.8 Å². The maximum atomic E-state index is 13.0. The van der Waals surface area contributed by atoms with E-state index in [0.29, 0.717) is 19.0 Å². The first-order chi connectivity index (χ1) is 13.1. The predicted molar refractivity (Wildman–Crippen MR) is 104 cm³/mol. The van der Waals surface area contributed by atoms with Gasteiger partial charge >= 0.3 is 0 Å². The lowest BCUT2D eigenvalue weighted by molar-refractivity contribution is -0.136. The highest BCUT2D eigenvalue weighted by Crippen LogP contribution is 2.36. The van der Waals surface area contributed by atoms with Gasteiger partial charge in [-0.25, -0.2) is 0 Å². The molecule has 0 aromatic heterocycles. The smallest absolute Gasteiger partial charge is 0.225 e. The van der Waals surface area contributed by atoms with Crippen LogP contribution in [-0.2, 0) is 16.0 Å². The lowest BCUT2D eigenvalue weighted by Crippen LogP contribution is -2.46. The van der Waals surface area contributed by atoms with Crippen LogP contribution >= 0.6 is 0 Å². The second-order valence-corrected chi connectivity index (χ2v) is 8.32. The maximum Gasteiger partial charge on any atom is 0.225 e. The number of fused-ring (bicyclic) bond motifs is 1. The van der Waals surface area contributed by atoms with E-state index in [2.05, 4.69) is 17.4 Å². The van der Waals surface area contributed by atoms with Gasteiger partial charge in [0.2, 0.25) is 11.8 Å². The van der Waals surface area contributed by atoms with Gasteiger partial charge in [0.05, 0.1) is 13.0 Å². The van der Waals surface area contributed by atoms with Crippen LogP contribution in [0.5, 0.6) is 5.75 Å². The number of likely N-dealkylation sites (tertiary alicyclic amines) is 1. The summed E-state index contributed by atoms with van der Waals surface area (Å²) in [7, 11) is 1.69. The number of hydrogen-bond donors (Lipinski definition) is 1. The molecule has 3 aliphatic rings. The fourth-order valence-corrected chi connectivity index (χ4v) is 4.53. The number of ether oxygens (including phenoxy) is 1. The topological polar surface area (TPSA) is 58.6 Å². The molecule has 1 aromatic carbocycles. The highest BCUT2D eigenvalue weighted by atomic mass is 16.5. The number of carbonyl (C=O) groups is 2. The van der Waals surface area contributed by atoms with Crippen LogP contribution in [0.4, 0.5) is 0 Å². The molecule has 1 aliphatic heterocycles. The van der Waals surface area contributed by atoms with Crippen LogP contribution < -0.4 is 10.1 Å². The third kappa shape index (κ3) is 4.28. The summed E-state index contributed by atoms with van der Waals surface area (Å²) in [6, 6.07) is 6.64. The number of aryl methyl sites for hydroxylation is 1. The summed E-state index contributed by atoms with van der Waals surface area (Å²) < 4.78 is 5.34. The number of hydrogen-bond acceptors (Lipinski definition) is 3. The van der Waals surface area contributed by atoms with Crippen molar-refractivity contribution in [3.8, 4) is 5.75 Å². The standard InChI is InChI=1S/C22H30N2O3/c1-27-19-9-10-20-15(12-19)4-2-5-16(20)13-21(25)24-11-3-6-17(14-24)22(26)23-18-7-8-18/h9-10,12,16-18H,2-8,11,13-14H2,1H3,(H,23,26). The molecular formula is C22H30N2O3. The van der Waals surface area contributed by atoms with Crippen molar-refractivity contribution in [2.24, 2.45) is 5.92 Å². The molecule has 1 aromatic rings. The highest BCUT2D eigenvalue weighted by Gasteiger charge is 2.33. The molecule has 1 heterocycles. The molecule has 1 N–H and O–H groups in total. The van der Waals surface area contributed by atoms with Crippen LogP contribution in [0, 0.1) is 5.92 Å². The fraction of sp³-hybridized carbons (Fsp3) is 0.636. The van der Waals surface area contributed by atoms with E-state index in [1.807, 2.05) is 11.0 Å². The molecule has 1 saturated carbocycles. The van der Waals surface area contributed by atoms with Gasteiger partial charge < -0.3 is 15.0 Å². The van der Waals surface area contributed by atoms with E-state index in [-0.39, 0.29) is 23.7 Å². The Morgan fingerprint density at radius 1 is 1.19 bits per heavy atom. The number of amides is 2. The van der Waals surface area contributed by atoms with Crippen molar-refractivity contribution in [2.75, 3.05) is 20.2 Å². The zero-order valence-corrected chi connectivity index (χ0v) is 16.2. The zero-order chi connectivity index (χ0) is 18.8. The minimum Gasteiger partial charge on any atom is -0.497 e. The van der Waals surface area contributed by atoms with Crippen molar-refractivity contribution in [1.29, 1.82) is 0 Å². The fourth-order valence-electron chi connectivity index (χ4n) is 4.53. The molecule has 0 bridgehead atoms. The minimum absolute atomic E-state index is 0.0359. The Labute approximate surface area is 161 Å². The van der Waals surface area contributed by atoms with Crippen molar-refractivity contribution in [2.45, 2.75) is 63.3 Å². The zero-order valence-electron chi connectivity index (χ0n) is 16.2. The van der Waals surface area contributed by atoms with Gasteiger partial charge in [0, 0.05) is 25.6 Å².